The van der Waals surface area contributed by atoms with Crippen LogP contribution in [0, 0.1) is 0 Å². The number of ether oxygens (including phenoxy) is 1. The zero-order valence-electron chi connectivity index (χ0n) is 5.33. The Morgan fingerprint density at radius 2 is 1.90 bits per heavy atom. The maximum Gasteiger partial charge on any atom is 0.261 e. The molecule has 0 aromatic carbocycles. The lowest BCUT2D eigenvalue weighted by molar-refractivity contribution is -0.0336. The second-order valence-electron chi connectivity index (χ2n) is 1.76. The third kappa shape index (κ3) is 5.87. The van der Waals surface area contributed by atoms with E-state index in [1.807, 2.05) is 0 Å². The molecule has 5 heteroatoms. The molecule has 0 saturated heterocycles. The average Bonchev–Trinajstić information content (AvgIpc) is 1.87. The van der Waals surface area contributed by atoms with Gasteiger partial charge in [-0.15, -0.1) is 0 Å². The van der Waals surface area contributed by atoms with Gasteiger partial charge in [0.2, 0.25) is 0 Å². The first-order valence-corrected chi connectivity index (χ1v) is 2.81. The molecular weight excluding hydrogens is 146 g/mol. The molecule has 3 nitrogen and oxygen atoms in total. The van der Waals surface area contributed by atoms with Crippen LogP contribution >= 0.6 is 0 Å². The van der Waals surface area contributed by atoms with Crippen molar-refractivity contribution in [3.8, 4) is 0 Å². The van der Waals surface area contributed by atoms with E-state index in [0.717, 1.165) is 0 Å². The lowest BCUT2D eigenvalue weighted by atomic mass is 10.4. The van der Waals surface area contributed by atoms with Gasteiger partial charge in [-0.2, -0.15) is 0 Å². The predicted octanol–water partition coefficient (Wildman–Crippen LogP) is -0.379. The molecule has 62 valence electrons. The molecule has 0 aliphatic heterocycles. The first-order valence-electron chi connectivity index (χ1n) is 2.81. The molecule has 1 unspecified atom stereocenters. The molecule has 0 spiro atoms. The van der Waals surface area contributed by atoms with Crippen molar-refractivity contribution in [2.75, 3.05) is 19.8 Å². The maximum atomic E-state index is 11.3. The number of aliphatic hydroxyl groups is 2. The fourth-order valence-electron chi connectivity index (χ4n) is 0.346. The average molecular weight is 156 g/mol. The summed E-state index contributed by atoms with van der Waals surface area (Å²) in [4.78, 5) is 0. The number of halogens is 2. The largest absolute Gasteiger partial charge is 0.394 e. The Hall–Kier alpha value is -0.260. The minimum Gasteiger partial charge on any atom is -0.394 e. The van der Waals surface area contributed by atoms with Crippen molar-refractivity contribution < 1.29 is 23.7 Å². The summed E-state index contributed by atoms with van der Waals surface area (Å²) in [6, 6.07) is 0. The van der Waals surface area contributed by atoms with Crippen LogP contribution in [0.4, 0.5) is 8.78 Å². The fourth-order valence-corrected chi connectivity index (χ4v) is 0.346. The molecular formula is C5H10F2O3. The fraction of sp³-hybridized carbons (Fsp3) is 1.00. The molecule has 0 heterocycles. The van der Waals surface area contributed by atoms with Gasteiger partial charge in [-0.3, -0.25) is 0 Å². The topological polar surface area (TPSA) is 49.7 Å². The highest BCUT2D eigenvalue weighted by Gasteiger charge is 2.05. The normalized spacial score (nSPS) is 14.1. The Morgan fingerprint density at radius 1 is 1.30 bits per heavy atom. The van der Waals surface area contributed by atoms with E-state index < -0.39 is 25.7 Å². The van der Waals surface area contributed by atoms with Crippen molar-refractivity contribution in [1.29, 1.82) is 0 Å². The number of alkyl halides is 2. The number of hydrogen-bond donors (Lipinski definition) is 2. The number of hydrogen-bond acceptors (Lipinski definition) is 3. The molecule has 1 atom stereocenters. The molecule has 0 radical (unpaired) electrons. The Balaban J connectivity index is 3.03. The third-order valence-electron chi connectivity index (χ3n) is 0.765. The number of aliphatic hydroxyl groups excluding tert-OH is 2. The zero-order valence-corrected chi connectivity index (χ0v) is 5.33. The minimum absolute atomic E-state index is 0.249. The second kappa shape index (κ2) is 5.52. The molecule has 0 aliphatic carbocycles. The van der Waals surface area contributed by atoms with Gasteiger partial charge in [0, 0.05) is 0 Å². The van der Waals surface area contributed by atoms with Crippen molar-refractivity contribution in [3.05, 3.63) is 0 Å². The van der Waals surface area contributed by atoms with Gasteiger partial charge in [-0.1, -0.05) is 0 Å². The molecule has 0 amide bonds. The van der Waals surface area contributed by atoms with Crippen molar-refractivity contribution in [1.82, 2.24) is 0 Å². The van der Waals surface area contributed by atoms with Crippen LogP contribution in [0.3, 0.4) is 0 Å². The van der Waals surface area contributed by atoms with Crippen LogP contribution < -0.4 is 0 Å². The van der Waals surface area contributed by atoms with E-state index in [4.69, 9.17) is 10.2 Å². The number of rotatable bonds is 5. The summed E-state index contributed by atoms with van der Waals surface area (Å²) in [5.74, 6) is 0. The second-order valence-corrected chi connectivity index (χ2v) is 1.76. The highest BCUT2D eigenvalue weighted by molar-refractivity contribution is 4.48. The van der Waals surface area contributed by atoms with E-state index in [1.54, 1.807) is 0 Å². The summed E-state index contributed by atoms with van der Waals surface area (Å²) in [5.41, 5.74) is 0. The Labute approximate surface area is 57.2 Å². The SMILES string of the molecule is OCC(O)COCC(F)F. The minimum atomic E-state index is -2.52. The molecule has 0 fully saturated rings. The van der Waals surface area contributed by atoms with Gasteiger partial charge < -0.3 is 14.9 Å². The molecule has 10 heavy (non-hydrogen) atoms. The van der Waals surface area contributed by atoms with Crippen molar-refractivity contribution in [2.45, 2.75) is 12.5 Å². The summed E-state index contributed by atoms with van der Waals surface area (Å²) in [6.45, 7) is -1.42. The van der Waals surface area contributed by atoms with Crippen molar-refractivity contribution in [3.63, 3.8) is 0 Å². The lowest BCUT2D eigenvalue weighted by Crippen LogP contribution is -2.21. The molecule has 0 saturated carbocycles. The summed E-state index contributed by atoms with van der Waals surface area (Å²) in [6.07, 6.45) is -3.58. The zero-order chi connectivity index (χ0) is 7.98. The van der Waals surface area contributed by atoms with Crippen molar-refractivity contribution in [2.24, 2.45) is 0 Å². The van der Waals surface area contributed by atoms with E-state index in [-0.39, 0.29) is 6.61 Å². The van der Waals surface area contributed by atoms with Crippen molar-refractivity contribution >= 4 is 0 Å². The molecule has 0 aromatic rings. The van der Waals surface area contributed by atoms with Crippen LogP contribution in [0.5, 0.6) is 0 Å². The van der Waals surface area contributed by atoms with Crippen LogP contribution in [0.2, 0.25) is 0 Å². The monoisotopic (exact) mass is 156 g/mol. The van der Waals surface area contributed by atoms with Crippen LogP contribution in [0.15, 0.2) is 0 Å². The van der Waals surface area contributed by atoms with Gasteiger partial charge >= 0.3 is 0 Å². The summed E-state index contributed by atoms with van der Waals surface area (Å²) >= 11 is 0. The highest BCUT2D eigenvalue weighted by Crippen LogP contribution is 1.93. The Kier molecular flexibility index (Phi) is 5.38. The lowest BCUT2D eigenvalue weighted by Gasteiger charge is -2.06. The molecule has 0 bridgehead atoms. The van der Waals surface area contributed by atoms with Crippen LogP contribution in [-0.4, -0.2) is 42.6 Å². The molecule has 0 aromatic heterocycles. The van der Waals surface area contributed by atoms with Gasteiger partial charge in [0.1, 0.15) is 12.7 Å². The smallest absolute Gasteiger partial charge is 0.261 e. The van der Waals surface area contributed by atoms with Gasteiger partial charge in [0.15, 0.2) is 0 Å². The van der Waals surface area contributed by atoms with Crippen LogP contribution in [-0.2, 0) is 4.74 Å². The van der Waals surface area contributed by atoms with E-state index in [9.17, 15) is 8.78 Å². The molecule has 0 rings (SSSR count). The Bertz CT molecular complexity index is 79.3. The highest BCUT2D eigenvalue weighted by atomic mass is 19.3. The van der Waals surface area contributed by atoms with E-state index in [1.165, 1.54) is 0 Å². The van der Waals surface area contributed by atoms with E-state index in [0.29, 0.717) is 0 Å². The Morgan fingerprint density at radius 3 is 2.30 bits per heavy atom. The quantitative estimate of drug-likeness (QED) is 0.570. The van der Waals surface area contributed by atoms with Gasteiger partial charge in [-0.05, 0) is 0 Å². The summed E-state index contributed by atoms with van der Waals surface area (Å²) in [7, 11) is 0. The molecule has 2 N–H and O–H groups in total. The first-order chi connectivity index (χ1) is 4.66. The summed E-state index contributed by atoms with van der Waals surface area (Å²) in [5, 5.41) is 16.7. The van der Waals surface area contributed by atoms with Gasteiger partial charge in [-0.25, -0.2) is 8.78 Å². The standard InChI is InChI=1S/C5H10F2O3/c6-5(7)3-10-2-4(9)1-8/h4-5,8-9H,1-3H2. The first kappa shape index (κ1) is 9.74. The van der Waals surface area contributed by atoms with Crippen LogP contribution in [0.1, 0.15) is 0 Å². The van der Waals surface area contributed by atoms with Gasteiger partial charge in [0.05, 0.1) is 13.2 Å². The predicted molar refractivity (Wildman–Crippen MR) is 29.9 cm³/mol. The third-order valence-corrected chi connectivity index (χ3v) is 0.765. The molecule has 0 aliphatic rings. The van der Waals surface area contributed by atoms with Crippen LogP contribution in [0.25, 0.3) is 0 Å². The maximum absolute atomic E-state index is 11.3. The summed E-state index contributed by atoms with van der Waals surface area (Å²) < 4.78 is 26.9. The van der Waals surface area contributed by atoms with E-state index in [2.05, 4.69) is 4.74 Å². The van der Waals surface area contributed by atoms with Gasteiger partial charge in [0.25, 0.3) is 6.43 Å². The van der Waals surface area contributed by atoms with E-state index >= 15 is 0 Å².